The molecule has 0 radical (unpaired) electrons. The van der Waals surface area contributed by atoms with Gasteiger partial charge in [-0.2, -0.15) is 0 Å². The molecule has 1 aromatic heterocycles. The fraction of sp³-hybridized carbons (Fsp3) is 0.538. The van der Waals surface area contributed by atoms with E-state index in [4.69, 9.17) is 0 Å². The number of nitrogens with one attached hydrogen (secondary N) is 3. The molecule has 0 aliphatic carbocycles. The summed E-state index contributed by atoms with van der Waals surface area (Å²) in [5.41, 5.74) is 1.27. The van der Waals surface area contributed by atoms with Crippen molar-refractivity contribution in [2.75, 3.05) is 20.1 Å². The molecule has 0 fully saturated rings. The molecule has 3 N–H and O–H groups in total. The number of aliphatic imine (C=N–C) groups is 1. The zero-order valence-corrected chi connectivity index (χ0v) is 15.3. The Hall–Kier alpha value is -0.830. The van der Waals surface area contributed by atoms with E-state index in [1.54, 1.807) is 18.4 Å². The van der Waals surface area contributed by atoms with Crippen LogP contribution in [-0.2, 0) is 11.3 Å². The SMILES string of the molecule is CCCNC(=O)CNC(=NC)NCc1sccc1C.I. The van der Waals surface area contributed by atoms with Crippen molar-refractivity contribution < 1.29 is 4.79 Å². The number of thiophene rings is 1. The Morgan fingerprint density at radius 2 is 2.10 bits per heavy atom. The lowest BCUT2D eigenvalue weighted by Crippen LogP contribution is -2.43. The predicted molar refractivity (Wildman–Crippen MR) is 96.0 cm³/mol. The number of aryl methyl sites for hydroxylation is 1. The number of carbonyl (C=O) groups is 1. The van der Waals surface area contributed by atoms with Gasteiger partial charge in [0.2, 0.25) is 5.91 Å². The number of hydrogen-bond acceptors (Lipinski definition) is 3. The third kappa shape index (κ3) is 7.09. The fourth-order valence-electron chi connectivity index (χ4n) is 1.46. The summed E-state index contributed by atoms with van der Waals surface area (Å²) >= 11 is 1.71. The smallest absolute Gasteiger partial charge is 0.239 e. The molecule has 0 aromatic carbocycles. The molecule has 0 saturated heterocycles. The Bertz CT molecular complexity index is 434. The second-order valence-electron chi connectivity index (χ2n) is 4.16. The number of guanidine groups is 1. The van der Waals surface area contributed by atoms with Crippen LogP contribution in [0, 0.1) is 6.92 Å². The molecule has 1 heterocycles. The van der Waals surface area contributed by atoms with E-state index >= 15 is 0 Å². The average Bonchev–Trinajstić information content (AvgIpc) is 2.82. The van der Waals surface area contributed by atoms with Crippen LogP contribution < -0.4 is 16.0 Å². The van der Waals surface area contributed by atoms with Gasteiger partial charge in [-0.15, -0.1) is 35.3 Å². The first-order valence-electron chi connectivity index (χ1n) is 6.41. The second kappa shape index (κ2) is 10.9. The maximum absolute atomic E-state index is 11.5. The molecular weight excluding hydrogens is 387 g/mol. The van der Waals surface area contributed by atoms with E-state index in [1.165, 1.54) is 10.4 Å². The summed E-state index contributed by atoms with van der Waals surface area (Å²) in [6.45, 7) is 5.78. The topological polar surface area (TPSA) is 65.5 Å². The minimum atomic E-state index is -0.0166. The molecular formula is C13H23IN4OS. The number of carbonyl (C=O) groups excluding carboxylic acids is 1. The molecule has 0 aliphatic rings. The Morgan fingerprint density at radius 1 is 1.35 bits per heavy atom. The van der Waals surface area contributed by atoms with E-state index in [0.717, 1.165) is 13.0 Å². The largest absolute Gasteiger partial charge is 0.355 e. The number of rotatable bonds is 6. The Labute approximate surface area is 141 Å². The van der Waals surface area contributed by atoms with Crippen LogP contribution in [0.3, 0.4) is 0 Å². The van der Waals surface area contributed by atoms with Gasteiger partial charge in [0.05, 0.1) is 13.1 Å². The van der Waals surface area contributed by atoms with Gasteiger partial charge in [0.1, 0.15) is 0 Å². The lowest BCUT2D eigenvalue weighted by molar-refractivity contribution is -0.120. The number of amides is 1. The first kappa shape index (κ1) is 19.2. The van der Waals surface area contributed by atoms with Crippen molar-refractivity contribution in [3.63, 3.8) is 0 Å². The van der Waals surface area contributed by atoms with Crippen molar-refractivity contribution >= 4 is 47.2 Å². The molecule has 0 aliphatic heterocycles. The van der Waals surface area contributed by atoms with Gasteiger partial charge in [0.25, 0.3) is 0 Å². The quantitative estimate of drug-likeness (QED) is 0.381. The maximum Gasteiger partial charge on any atom is 0.239 e. The summed E-state index contributed by atoms with van der Waals surface area (Å²) < 4.78 is 0. The van der Waals surface area contributed by atoms with E-state index in [9.17, 15) is 4.79 Å². The van der Waals surface area contributed by atoms with Gasteiger partial charge >= 0.3 is 0 Å². The zero-order valence-electron chi connectivity index (χ0n) is 12.2. The van der Waals surface area contributed by atoms with Crippen LogP contribution in [0.15, 0.2) is 16.4 Å². The van der Waals surface area contributed by atoms with Crippen LogP contribution in [0.1, 0.15) is 23.8 Å². The maximum atomic E-state index is 11.5. The molecule has 20 heavy (non-hydrogen) atoms. The number of nitrogens with zero attached hydrogens (tertiary/aromatic N) is 1. The van der Waals surface area contributed by atoms with Gasteiger partial charge < -0.3 is 16.0 Å². The second-order valence-corrected chi connectivity index (χ2v) is 5.16. The standard InChI is InChI=1S/C13H22N4OS.HI/c1-4-6-15-12(18)9-17-13(14-3)16-8-11-10(2)5-7-19-11;/h5,7H,4,6,8-9H2,1-3H3,(H,15,18)(H2,14,16,17);1H. The molecule has 0 saturated carbocycles. The molecule has 0 spiro atoms. The summed E-state index contributed by atoms with van der Waals surface area (Å²) in [4.78, 5) is 16.8. The fourth-order valence-corrected chi connectivity index (χ4v) is 2.31. The van der Waals surface area contributed by atoms with Crippen LogP contribution in [0.25, 0.3) is 0 Å². The molecule has 0 bridgehead atoms. The van der Waals surface area contributed by atoms with Crippen molar-refractivity contribution in [2.24, 2.45) is 4.99 Å². The Morgan fingerprint density at radius 3 is 2.65 bits per heavy atom. The Kier molecular flexibility index (Phi) is 10.4. The minimum absolute atomic E-state index is 0. The lowest BCUT2D eigenvalue weighted by Gasteiger charge is -2.11. The predicted octanol–water partition coefficient (Wildman–Crippen LogP) is 1.87. The van der Waals surface area contributed by atoms with Crippen LogP contribution in [-0.4, -0.2) is 32.0 Å². The first-order valence-corrected chi connectivity index (χ1v) is 7.29. The van der Waals surface area contributed by atoms with Crippen LogP contribution in [0.4, 0.5) is 0 Å². The third-order valence-corrected chi connectivity index (χ3v) is 3.62. The lowest BCUT2D eigenvalue weighted by atomic mass is 10.3. The first-order chi connectivity index (χ1) is 9.17. The summed E-state index contributed by atoms with van der Waals surface area (Å²) in [6.07, 6.45) is 0.941. The highest BCUT2D eigenvalue weighted by Gasteiger charge is 2.04. The molecule has 1 aromatic rings. The highest BCUT2D eigenvalue weighted by atomic mass is 127. The molecule has 1 amide bonds. The molecule has 5 nitrogen and oxygen atoms in total. The summed E-state index contributed by atoms with van der Waals surface area (Å²) in [5, 5.41) is 11.1. The van der Waals surface area contributed by atoms with Gasteiger partial charge in [-0.25, -0.2) is 0 Å². The van der Waals surface area contributed by atoms with Crippen LogP contribution in [0.5, 0.6) is 0 Å². The van der Waals surface area contributed by atoms with Crippen molar-refractivity contribution in [3.05, 3.63) is 21.9 Å². The van der Waals surface area contributed by atoms with Crippen molar-refractivity contribution in [2.45, 2.75) is 26.8 Å². The van der Waals surface area contributed by atoms with E-state index in [-0.39, 0.29) is 36.4 Å². The molecule has 0 atom stereocenters. The van der Waals surface area contributed by atoms with Gasteiger partial charge in [-0.3, -0.25) is 9.79 Å². The zero-order chi connectivity index (χ0) is 14.1. The number of halogens is 1. The van der Waals surface area contributed by atoms with Crippen molar-refractivity contribution in [3.8, 4) is 0 Å². The van der Waals surface area contributed by atoms with Crippen molar-refractivity contribution in [1.29, 1.82) is 0 Å². The van der Waals surface area contributed by atoms with Crippen LogP contribution >= 0.6 is 35.3 Å². The minimum Gasteiger partial charge on any atom is -0.355 e. The summed E-state index contributed by atoms with van der Waals surface area (Å²) in [7, 11) is 1.70. The van der Waals surface area contributed by atoms with E-state index < -0.39 is 0 Å². The molecule has 7 heteroatoms. The van der Waals surface area contributed by atoms with Crippen LogP contribution in [0.2, 0.25) is 0 Å². The molecule has 0 unspecified atom stereocenters. The Balaban J connectivity index is 0.00000361. The molecule has 1 rings (SSSR count). The highest BCUT2D eigenvalue weighted by molar-refractivity contribution is 14.0. The van der Waals surface area contributed by atoms with Gasteiger partial charge in [-0.1, -0.05) is 6.92 Å². The molecule has 114 valence electrons. The van der Waals surface area contributed by atoms with Crippen molar-refractivity contribution in [1.82, 2.24) is 16.0 Å². The van der Waals surface area contributed by atoms with E-state index in [1.807, 2.05) is 6.92 Å². The van der Waals surface area contributed by atoms with Gasteiger partial charge in [-0.05, 0) is 30.4 Å². The highest BCUT2D eigenvalue weighted by Crippen LogP contribution is 2.14. The van der Waals surface area contributed by atoms with E-state index in [0.29, 0.717) is 12.5 Å². The normalized spacial score (nSPS) is 10.7. The van der Waals surface area contributed by atoms with Gasteiger partial charge in [0, 0.05) is 18.5 Å². The summed E-state index contributed by atoms with van der Waals surface area (Å²) in [6, 6.07) is 2.09. The third-order valence-electron chi connectivity index (χ3n) is 2.60. The summed E-state index contributed by atoms with van der Waals surface area (Å²) in [5.74, 6) is 0.622. The number of hydrogen-bond donors (Lipinski definition) is 3. The monoisotopic (exact) mass is 410 g/mol. The van der Waals surface area contributed by atoms with Gasteiger partial charge in [0.15, 0.2) is 5.96 Å². The average molecular weight is 410 g/mol. The van der Waals surface area contributed by atoms with E-state index in [2.05, 4.69) is 39.3 Å².